The summed E-state index contributed by atoms with van der Waals surface area (Å²) in [6.07, 6.45) is 0.443. The van der Waals surface area contributed by atoms with Crippen LogP contribution in [0.2, 0.25) is 10.0 Å². The van der Waals surface area contributed by atoms with Crippen LogP contribution >= 0.6 is 23.2 Å². The molecule has 1 N–H and O–H groups in total. The van der Waals surface area contributed by atoms with Gasteiger partial charge >= 0.3 is 6.18 Å². The topological polar surface area (TPSA) is 46.9 Å². The molecule has 0 spiro atoms. The van der Waals surface area contributed by atoms with Gasteiger partial charge in [-0.2, -0.15) is 18.3 Å². The fourth-order valence-corrected chi connectivity index (χ4v) is 3.42. The van der Waals surface area contributed by atoms with E-state index in [1.807, 2.05) is 6.07 Å². The van der Waals surface area contributed by atoms with Crippen LogP contribution in [0.4, 0.5) is 13.2 Å². The van der Waals surface area contributed by atoms with Gasteiger partial charge in [0.05, 0.1) is 10.7 Å². The molecule has 1 saturated carbocycles. The number of aryl methyl sites for hydroxylation is 1. The number of nitrogens with zero attached hydrogens (tertiary/aromatic N) is 2. The molecule has 28 heavy (non-hydrogen) atoms. The Morgan fingerprint density at radius 2 is 2.00 bits per heavy atom. The smallest absolute Gasteiger partial charge is 0.352 e. The van der Waals surface area contributed by atoms with Crippen molar-refractivity contribution in [3.8, 4) is 0 Å². The molecule has 1 amide bonds. The molecule has 1 heterocycles. The second kappa shape index (κ2) is 8.57. The number of benzene rings is 1. The number of hydrogen-bond acceptors (Lipinski definition) is 2. The summed E-state index contributed by atoms with van der Waals surface area (Å²) in [7, 11) is 0. The van der Waals surface area contributed by atoms with Crippen LogP contribution in [0.3, 0.4) is 0 Å². The Morgan fingerprint density at radius 1 is 1.29 bits per heavy atom. The summed E-state index contributed by atoms with van der Waals surface area (Å²) in [5.41, 5.74) is 0.126. The highest BCUT2D eigenvalue weighted by atomic mass is 35.5. The predicted molar refractivity (Wildman–Crippen MR) is 102 cm³/mol. The molecule has 0 unspecified atom stereocenters. The summed E-state index contributed by atoms with van der Waals surface area (Å²) in [6.45, 7) is 0.546. The molecule has 150 valence electrons. The Bertz CT molecular complexity index is 889. The van der Waals surface area contributed by atoms with Crippen molar-refractivity contribution >= 4 is 35.2 Å². The first kappa shape index (κ1) is 20.7. The van der Waals surface area contributed by atoms with Crippen molar-refractivity contribution in [3.63, 3.8) is 0 Å². The van der Waals surface area contributed by atoms with E-state index in [1.54, 1.807) is 24.3 Å². The van der Waals surface area contributed by atoms with E-state index >= 15 is 0 Å². The summed E-state index contributed by atoms with van der Waals surface area (Å²) in [5, 5.41) is 6.59. The SMILES string of the molecule is O=C(/C=C/c1ccccc1Cl)NCCCn1nc(C(F)(F)F)c(Cl)c1C1CC1. The molecule has 1 aliphatic carbocycles. The number of rotatable bonds is 7. The van der Waals surface area contributed by atoms with E-state index in [9.17, 15) is 18.0 Å². The molecular weight excluding hydrogens is 414 g/mol. The van der Waals surface area contributed by atoms with Crippen molar-refractivity contribution in [3.05, 3.63) is 57.3 Å². The quantitative estimate of drug-likeness (QED) is 0.477. The van der Waals surface area contributed by atoms with E-state index in [0.29, 0.717) is 23.7 Å². The standard InChI is InChI=1S/C19H18Cl2F3N3O/c20-14-5-2-1-4-12(14)8-9-15(28)25-10-3-11-27-17(13-6-7-13)16(21)18(26-27)19(22,23)24/h1-2,4-5,8-9,13H,3,6-7,10-11H2,(H,25,28)/b9-8+. The molecule has 0 bridgehead atoms. The highest BCUT2D eigenvalue weighted by Gasteiger charge is 2.41. The molecule has 3 rings (SSSR count). The number of carbonyl (C=O) groups is 1. The molecular formula is C19H18Cl2F3N3O. The summed E-state index contributed by atoms with van der Waals surface area (Å²) in [4.78, 5) is 11.9. The maximum absolute atomic E-state index is 13.0. The number of amides is 1. The molecule has 0 aliphatic heterocycles. The first-order chi connectivity index (χ1) is 13.3. The molecule has 9 heteroatoms. The zero-order valence-electron chi connectivity index (χ0n) is 14.8. The number of halogens is 5. The molecule has 2 aromatic rings. The van der Waals surface area contributed by atoms with Crippen molar-refractivity contribution in [1.29, 1.82) is 0 Å². The Morgan fingerprint density at radius 3 is 2.64 bits per heavy atom. The van der Waals surface area contributed by atoms with Gasteiger partial charge in [-0.1, -0.05) is 41.4 Å². The third-order valence-corrected chi connectivity index (χ3v) is 5.05. The lowest BCUT2D eigenvalue weighted by Gasteiger charge is -2.07. The normalized spacial score (nSPS) is 14.6. The van der Waals surface area contributed by atoms with Gasteiger partial charge in [0.1, 0.15) is 0 Å². The third kappa shape index (κ3) is 5.08. The molecule has 0 atom stereocenters. The average Bonchev–Trinajstić information content (AvgIpc) is 3.40. The lowest BCUT2D eigenvalue weighted by atomic mass is 10.2. The van der Waals surface area contributed by atoms with Crippen LogP contribution in [0.15, 0.2) is 30.3 Å². The second-order valence-corrected chi connectivity index (χ2v) is 7.33. The van der Waals surface area contributed by atoms with E-state index in [1.165, 1.54) is 10.8 Å². The zero-order valence-corrected chi connectivity index (χ0v) is 16.3. The van der Waals surface area contributed by atoms with E-state index < -0.39 is 11.9 Å². The lowest BCUT2D eigenvalue weighted by molar-refractivity contribution is -0.141. The van der Waals surface area contributed by atoms with Crippen molar-refractivity contribution in [1.82, 2.24) is 15.1 Å². The largest absolute Gasteiger partial charge is 0.436 e. The van der Waals surface area contributed by atoms with Crippen molar-refractivity contribution < 1.29 is 18.0 Å². The van der Waals surface area contributed by atoms with Crippen molar-refractivity contribution in [2.45, 2.75) is 37.9 Å². The van der Waals surface area contributed by atoms with Crippen LogP contribution < -0.4 is 5.32 Å². The molecule has 1 aromatic carbocycles. The van der Waals surface area contributed by atoms with Gasteiger partial charge in [-0.25, -0.2) is 0 Å². The fourth-order valence-electron chi connectivity index (χ4n) is 2.83. The number of alkyl halides is 3. The minimum absolute atomic E-state index is 0.0317. The Labute approximate surface area is 170 Å². The van der Waals surface area contributed by atoms with Gasteiger partial charge in [-0.15, -0.1) is 0 Å². The molecule has 1 fully saturated rings. The number of aromatic nitrogens is 2. The van der Waals surface area contributed by atoms with Gasteiger partial charge in [0.2, 0.25) is 5.91 Å². The Kier molecular flexibility index (Phi) is 6.35. The molecule has 1 aliphatic rings. The van der Waals surface area contributed by atoms with Crippen LogP contribution in [0.1, 0.15) is 42.1 Å². The summed E-state index contributed by atoms with van der Waals surface area (Å²) < 4.78 is 40.4. The first-order valence-electron chi connectivity index (χ1n) is 8.81. The van der Waals surface area contributed by atoms with Crippen LogP contribution in [-0.4, -0.2) is 22.2 Å². The van der Waals surface area contributed by atoms with E-state index in [-0.39, 0.29) is 23.4 Å². The lowest BCUT2D eigenvalue weighted by Crippen LogP contribution is -2.23. The number of hydrogen-bond donors (Lipinski definition) is 1. The van der Waals surface area contributed by atoms with Gasteiger partial charge in [0, 0.05) is 30.1 Å². The number of carbonyl (C=O) groups excluding carboxylic acids is 1. The van der Waals surface area contributed by atoms with Gasteiger partial charge < -0.3 is 5.32 Å². The molecule has 0 saturated heterocycles. The number of nitrogens with one attached hydrogen (secondary N) is 1. The van der Waals surface area contributed by atoms with Gasteiger partial charge in [-0.3, -0.25) is 9.48 Å². The predicted octanol–water partition coefficient (Wildman–Crippen LogP) is 5.31. The van der Waals surface area contributed by atoms with Crippen LogP contribution in [-0.2, 0) is 17.5 Å². The maximum atomic E-state index is 13.0. The van der Waals surface area contributed by atoms with Crippen molar-refractivity contribution in [2.24, 2.45) is 0 Å². The highest BCUT2D eigenvalue weighted by molar-refractivity contribution is 6.32. The van der Waals surface area contributed by atoms with Crippen LogP contribution in [0.25, 0.3) is 6.08 Å². The Balaban J connectivity index is 1.54. The molecule has 1 aromatic heterocycles. The average molecular weight is 432 g/mol. The van der Waals surface area contributed by atoms with E-state index in [0.717, 1.165) is 18.4 Å². The monoisotopic (exact) mass is 431 g/mol. The summed E-state index contributed by atoms with van der Waals surface area (Å²) in [6, 6.07) is 7.11. The summed E-state index contributed by atoms with van der Waals surface area (Å²) >= 11 is 11.9. The third-order valence-electron chi connectivity index (χ3n) is 4.33. The molecule has 4 nitrogen and oxygen atoms in total. The minimum atomic E-state index is -4.58. The van der Waals surface area contributed by atoms with E-state index in [4.69, 9.17) is 23.2 Å². The maximum Gasteiger partial charge on any atom is 0.436 e. The van der Waals surface area contributed by atoms with E-state index in [2.05, 4.69) is 10.4 Å². The van der Waals surface area contributed by atoms with Crippen molar-refractivity contribution in [2.75, 3.05) is 6.54 Å². The fraction of sp³-hybridized carbons (Fsp3) is 0.368. The zero-order chi connectivity index (χ0) is 20.3. The molecule has 0 radical (unpaired) electrons. The van der Waals surface area contributed by atoms with Crippen LogP contribution in [0.5, 0.6) is 0 Å². The van der Waals surface area contributed by atoms with Gasteiger partial charge in [0.25, 0.3) is 0 Å². The highest BCUT2D eigenvalue weighted by Crippen LogP contribution is 2.46. The summed E-state index contributed by atoms with van der Waals surface area (Å²) in [5.74, 6) is -0.277. The second-order valence-electron chi connectivity index (χ2n) is 6.54. The van der Waals surface area contributed by atoms with Gasteiger partial charge in [-0.05, 0) is 37.0 Å². The minimum Gasteiger partial charge on any atom is -0.352 e. The van der Waals surface area contributed by atoms with Crippen LogP contribution in [0, 0.1) is 0 Å². The first-order valence-corrected chi connectivity index (χ1v) is 9.57. The van der Waals surface area contributed by atoms with Gasteiger partial charge in [0.15, 0.2) is 5.69 Å². The Hall–Kier alpha value is -1.99.